The third kappa shape index (κ3) is 6.93. The predicted molar refractivity (Wildman–Crippen MR) is 96.1 cm³/mol. The van der Waals surface area contributed by atoms with Crippen LogP contribution in [0.3, 0.4) is 0 Å². The molecular formula is C18H19F6N5O. The van der Waals surface area contributed by atoms with Crippen LogP contribution in [0.4, 0.5) is 32.0 Å². The lowest BCUT2D eigenvalue weighted by Gasteiger charge is -2.27. The summed E-state index contributed by atoms with van der Waals surface area (Å²) in [5, 5.41) is 16.9. The summed E-state index contributed by atoms with van der Waals surface area (Å²) in [6, 6.07) is 2.48. The Bertz CT molecular complexity index is 790. The van der Waals surface area contributed by atoms with Crippen LogP contribution in [0.15, 0.2) is 30.0 Å². The van der Waals surface area contributed by atoms with Gasteiger partial charge in [0.1, 0.15) is 11.6 Å². The smallest absolute Gasteiger partial charge is 0.360 e. The van der Waals surface area contributed by atoms with Gasteiger partial charge in [0.25, 0.3) is 5.91 Å². The van der Waals surface area contributed by atoms with E-state index in [2.05, 4.69) is 20.9 Å². The number of benzene rings is 1. The van der Waals surface area contributed by atoms with Crippen LogP contribution < -0.4 is 16.0 Å². The summed E-state index contributed by atoms with van der Waals surface area (Å²) in [6.07, 6.45) is -9.22. The normalized spacial score (nSPS) is 16.1. The van der Waals surface area contributed by atoms with Gasteiger partial charge in [0.05, 0.1) is 11.1 Å². The van der Waals surface area contributed by atoms with Crippen LogP contribution in [0.25, 0.3) is 0 Å². The number of carbonyl (C=O) groups is 1. The van der Waals surface area contributed by atoms with E-state index in [1.807, 2.05) is 0 Å². The molecular weight excluding hydrogens is 416 g/mol. The first-order valence-electron chi connectivity index (χ1n) is 8.88. The minimum atomic E-state index is -5.00. The van der Waals surface area contributed by atoms with Crippen molar-refractivity contribution < 1.29 is 31.1 Å². The third-order valence-corrected chi connectivity index (χ3v) is 4.26. The highest BCUT2D eigenvalue weighted by molar-refractivity contribution is 5.97. The van der Waals surface area contributed by atoms with Crippen LogP contribution in [0.5, 0.6) is 0 Å². The van der Waals surface area contributed by atoms with Gasteiger partial charge in [-0.25, -0.2) is 0 Å². The zero-order chi connectivity index (χ0) is 22.4. The molecule has 0 spiro atoms. The fourth-order valence-corrected chi connectivity index (χ4v) is 2.70. The van der Waals surface area contributed by atoms with Crippen LogP contribution in [0.2, 0.25) is 0 Å². The van der Waals surface area contributed by atoms with Crippen molar-refractivity contribution in [2.45, 2.75) is 12.4 Å². The van der Waals surface area contributed by atoms with Crippen molar-refractivity contribution in [2.75, 3.05) is 44.6 Å². The second-order valence-electron chi connectivity index (χ2n) is 6.46. The maximum atomic E-state index is 12.9. The van der Waals surface area contributed by atoms with E-state index in [1.54, 1.807) is 6.07 Å². The molecule has 0 atom stereocenters. The molecule has 1 aliphatic heterocycles. The van der Waals surface area contributed by atoms with E-state index in [9.17, 15) is 31.1 Å². The van der Waals surface area contributed by atoms with Crippen molar-refractivity contribution in [1.82, 2.24) is 15.5 Å². The van der Waals surface area contributed by atoms with Gasteiger partial charge in [0, 0.05) is 51.2 Å². The number of rotatable bonds is 6. The van der Waals surface area contributed by atoms with E-state index < -0.39 is 40.6 Å². The maximum Gasteiger partial charge on any atom is 0.416 e. The van der Waals surface area contributed by atoms with Crippen molar-refractivity contribution >= 4 is 11.6 Å². The summed E-state index contributed by atoms with van der Waals surface area (Å²) in [5.74, 6) is -0.789. The van der Waals surface area contributed by atoms with Crippen molar-refractivity contribution in [2.24, 2.45) is 0 Å². The lowest BCUT2D eigenvalue weighted by atomic mass is 10.1. The summed E-state index contributed by atoms with van der Waals surface area (Å²) in [5.41, 5.74) is -4.06. The predicted octanol–water partition coefficient (Wildman–Crippen LogP) is 2.56. The van der Waals surface area contributed by atoms with Crippen LogP contribution in [-0.4, -0.2) is 50.1 Å². The number of alkyl halides is 6. The second kappa shape index (κ2) is 9.82. The number of amides is 1. The van der Waals surface area contributed by atoms with Crippen molar-refractivity contribution in [3.05, 3.63) is 41.1 Å². The molecule has 1 heterocycles. The van der Waals surface area contributed by atoms with Crippen molar-refractivity contribution in [3.63, 3.8) is 0 Å². The lowest BCUT2D eigenvalue weighted by molar-refractivity contribution is -0.143. The van der Waals surface area contributed by atoms with E-state index in [-0.39, 0.29) is 12.6 Å². The highest BCUT2D eigenvalue weighted by atomic mass is 19.4. The Kier molecular flexibility index (Phi) is 7.69. The molecule has 1 saturated heterocycles. The number of halogens is 6. The van der Waals surface area contributed by atoms with Crippen LogP contribution >= 0.6 is 0 Å². The van der Waals surface area contributed by atoms with Gasteiger partial charge in [0.2, 0.25) is 0 Å². The van der Waals surface area contributed by atoms with E-state index in [0.717, 1.165) is 32.4 Å². The molecule has 12 heteroatoms. The highest BCUT2D eigenvalue weighted by Gasteiger charge is 2.36. The van der Waals surface area contributed by atoms with E-state index in [4.69, 9.17) is 5.26 Å². The molecule has 0 aromatic heterocycles. The molecule has 0 bridgehead atoms. The molecule has 0 unspecified atom stereocenters. The number of piperazine rings is 1. The first-order chi connectivity index (χ1) is 14.0. The highest BCUT2D eigenvalue weighted by Crippen LogP contribution is 2.37. The Hall–Kier alpha value is -2.78. The number of nitriles is 1. The quantitative estimate of drug-likeness (QED) is 0.364. The van der Waals surface area contributed by atoms with E-state index >= 15 is 0 Å². The summed E-state index contributed by atoms with van der Waals surface area (Å²) in [6.45, 7) is 4.02. The Morgan fingerprint density at radius 3 is 2.17 bits per heavy atom. The molecule has 164 valence electrons. The van der Waals surface area contributed by atoms with Crippen molar-refractivity contribution in [3.8, 4) is 6.07 Å². The molecule has 1 aromatic carbocycles. The van der Waals surface area contributed by atoms with Gasteiger partial charge in [-0.15, -0.1) is 0 Å². The summed E-state index contributed by atoms with van der Waals surface area (Å²) in [4.78, 5) is 14.1. The Morgan fingerprint density at radius 1 is 1.10 bits per heavy atom. The number of nitrogens with one attached hydrogen (secondary N) is 3. The van der Waals surface area contributed by atoms with E-state index in [0.29, 0.717) is 18.7 Å². The van der Waals surface area contributed by atoms with Gasteiger partial charge < -0.3 is 16.0 Å². The van der Waals surface area contributed by atoms with Crippen LogP contribution in [0, 0.1) is 11.3 Å². The zero-order valence-corrected chi connectivity index (χ0v) is 15.6. The molecule has 0 radical (unpaired) electrons. The molecule has 3 N–H and O–H groups in total. The van der Waals surface area contributed by atoms with Crippen molar-refractivity contribution in [1.29, 1.82) is 5.26 Å². The van der Waals surface area contributed by atoms with Crippen LogP contribution in [0.1, 0.15) is 11.1 Å². The van der Waals surface area contributed by atoms with Gasteiger partial charge in [0.15, 0.2) is 0 Å². The average molecular weight is 435 g/mol. The summed E-state index contributed by atoms with van der Waals surface area (Å²) in [7, 11) is 0. The molecule has 1 aliphatic rings. The first kappa shape index (κ1) is 23.5. The van der Waals surface area contributed by atoms with Gasteiger partial charge in [-0.05, 0) is 18.2 Å². The number of anilines is 1. The van der Waals surface area contributed by atoms with Crippen LogP contribution in [-0.2, 0) is 17.1 Å². The largest absolute Gasteiger partial charge is 0.416 e. The molecule has 0 saturated carbocycles. The minimum Gasteiger partial charge on any atom is -0.360 e. The molecule has 1 amide bonds. The molecule has 30 heavy (non-hydrogen) atoms. The third-order valence-electron chi connectivity index (χ3n) is 4.26. The monoisotopic (exact) mass is 435 g/mol. The standard InChI is InChI=1S/C18H19F6N5O/c19-17(20,21)13-7-14(18(22,23)24)9-15(8-13)28-11-12(10-25)16(30)27-3-6-29-4-1-26-2-5-29/h7-9,11,26,28H,1-6H2,(H,27,30)/b12-11-. The number of nitrogens with zero attached hydrogens (tertiary/aromatic N) is 2. The fraction of sp³-hybridized carbons (Fsp3) is 0.444. The average Bonchev–Trinajstić information content (AvgIpc) is 2.67. The lowest BCUT2D eigenvalue weighted by Crippen LogP contribution is -2.46. The molecule has 0 aliphatic carbocycles. The fourth-order valence-electron chi connectivity index (χ4n) is 2.70. The Morgan fingerprint density at radius 2 is 1.67 bits per heavy atom. The minimum absolute atomic E-state index is 0.0110. The van der Waals surface area contributed by atoms with E-state index in [1.165, 1.54) is 0 Å². The van der Waals surface area contributed by atoms with Gasteiger partial charge in [-0.3, -0.25) is 9.69 Å². The van der Waals surface area contributed by atoms with Gasteiger partial charge in [-0.1, -0.05) is 0 Å². The molecule has 1 aromatic rings. The maximum absolute atomic E-state index is 12.9. The Labute approximate surface area is 168 Å². The Balaban J connectivity index is 2.07. The molecule has 6 nitrogen and oxygen atoms in total. The topological polar surface area (TPSA) is 80.2 Å². The number of hydrogen-bond donors (Lipinski definition) is 3. The first-order valence-corrected chi connectivity index (χ1v) is 8.88. The summed E-state index contributed by atoms with van der Waals surface area (Å²) >= 11 is 0. The second-order valence-corrected chi connectivity index (χ2v) is 6.46. The molecule has 1 fully saturated rings. The number of carbonyl (C=O) groups excluding carboxylic acids is 1. The van der Waals surface area contributed by atoms with Gasteiger partial charge in [-0.2, -0.15) is 31.6 Å². The van der Waals surface area contributed by atoms with Gasteiger partial charge >= 0.3 is 12.4 Å². The molecule has 2 rings (SSSR count). The zero-order valence-electron chi connectivity index (χ0n) is 15.6. The summed E-state index contributed by atoms with van der Waals surface area (Å²) < 4.78 is 77.3. The number of hydrogen-bond acceptors (Lipinski definition) is 5. The SMILES string of the molecule is N#C/C(=C/Nc1cc(C(F)(F)F)cc(C(F)(F)F)c1)C(=O)NCCN1CCNCC1.